The molecule has 1 fully saturated rings. The number of aryl methyl sites for hydroxylation is 1. The molecule has 9 nitrogen and oxygen atoms in total. The summed E-state index contributed by atoms with van der Waals surface area (Å²) in [5.74, 6) is 1.21. The van der Waals surface area contributed by atoms with Gasteiger partial charge in [-0.25, -0.2) is 0 Å². The molecule has 1 aliphatic heterocycles. The third-order valence-electron chi connectivity index (χ3n) is 5.59. The number of morpholine rings is 1. The molecule has 0 amide bonds. The van der Waals surface area contributed by atoms with Gasteiger partial charge < -0.3 is 15.4 Å². The fraction of sp³-hybridized carbons (Fsp3) is 0.360. The maximum Gasteiger partial charge on any atom is 0.416 e. The molecule has 4 N–H and O–H groups in total. The lowest BCUT2D eigenvalue weighted by Gasteiger charge is -2.31. The molecule has 3 aromatic rings. The van der Waals surface area contributed by atoms with Crippen molar-refractivity contribution < 1.29 is 23.3 Å². The van der Waals surface area contributed by atoms with E-state index in [2.05, 4.69) is 42.5 Å². The second-order valence-electron chi connectivity index (χ2n) is 8.74. The summed E-state index contributed by atoms with van der Waals surface area (Å²) in [5.41, 5.74) is 3.13. The topological polar surface area (TPSA) is 104 Å². The highest BCUT2D eigenvalue weighted by molar-refractivity contribution is 5.77. The first-order valence-electron chi connectivity index (χ1n) is 11.9. The Labute approximate surface area is 213 Å². The summed E-state index contributed by atoms with van der Waals surface area (Å²) in [5, 5.41) is 10.5. The van der Waals surface area contributed by atoms with Crippen LogP contribution in [-0.2, 0) is 10.9 Å². The van der Waals surface area contributed by atoms with Crippen molar-refractivity contribution >= 4 is 29.4 Å². The van der Waals surface area contributed by atoms with Crippen LogP contribution in [0, 0.1) is 6.92 Å². The Balaban J connectivity index is 1.29. The molecule has 1 unspecified atom stereocenters. The van der Waals surface area contributed by atoms with Gasteiger partial charge in [-0.05, 0) is 44.2 Å². The highest BCUT2D eigenvalue weighted by Crippen LogP contribution is 2.31. The van der Waals surface area contributed by atoms with Crippen LogP contribution in [0.4, 0.5) is 36.3 Å². The molecule has 2 aromatic heterocycles. The molecular weight excluding hydrogens is 485 g/mol. The molecule has 196 valence electrons. The van der Waals surface area contributed by atoms with Gasteiger partial charge in [0.15, 0.2) is 0 Å². The Morgan fingerprint density at radius 2 is 2.05 bits per heavy atom. The van der Waals surface area contributed by atoms with E-state index >= 15 is 0 Å². The van der Waals surface area contributed by atoms with Crippen molar-refractivity contribution in [3.8, 4) is 0 Å². The smallest absolute Gasteiger partial charge is 0.376 e. The normalized spacial score (nSPS) is 16.7. The average molecular weight is 516 g/mol. The zero-order valence-corrected chi connectivity index (χ0v) is 20.7. The highest BCUT2D eigenvalue weighted by Gasteiger charge is 2.30. The molecule has 0 aliphatic carbocycles. The van der Waals surface area contributed by atoms with Gasteiger partial charge in [0.25, 0.3) is 0 Å². The fourth-order valence-electron chi connectivity index (χ4n) is 3.85. The minimum atomic E-state index is -4.40. The van der Waals surface area contributed by atoms with Gasteiger partial charge in [-0.3, -0.25) is 9.88 Å². The number of nitrogens with zero attached hydrogens (tertiary/aromatic N) is 5. The van der Waals surface area contributed by atoms with Crippen molar-refractivity contribution in [2.24, 2.45) is 5.10 Å². The molecule has 0 radical (unpaired) electrons. The minimum absolute atomic E-state index is 0.256. The van der Waals surface area contributed by atoms with Crippen LogP contribution < -0.4 is 16.1 Å². The van der Waals surface area contributed by atoms with Gasteiger partial charge in [0, 0.05) is 43.6 Å². The number of rotatable bonds is 9. The van der Waals surface area contributed by atoms with E-state index in [0.717, 1.165) is 56.4 Å². The number of halogens is 3. The number of alkyl halides is 3. The Kier molecular flexibility index (Phi) is 8.64. The molecule has 0 bridgehead atoms. The van der Waals surface area contributed by atoms with Crippen LogP contribution in [0.25, 0.3) is 0 Å². The van der Waals surface area contributed by atoms with Crippen molar-refractivity contribution in [2.75, 3.05) is 43.4 Å². The number of aromatic nitrogens is 3. The number of nitrogens with one attached hydrogen (secondary N) is 2. The number of nitrogens with two attached hydrogens (primary N) is 1. The number of quaternary nitrogens is 1. The summed E-state index contributed by atoms with van der Waals surface area (Å²) >= 11 is 0. The Morgan fingerprint density at radius 1 is 1.19 bits per heavy atom. The average Bonchev–Trinajstić information content (AvgIpc) is 2.85. The van der Waals surface area contributed by atoms with Crippen LogP contribution in [-0.4, -0.2) is 65.0 Å². The van der Waals surface area contributed by atoms with Gasteiger partial charge in [0.1, 0.15) is 12.0 Å². The summed E-state index contributed by atoms with van der Waals surface area (Å²) < 4.78 is 44.3. The number of anilines is 3. The molecule has 1 aromatic carbocycles. The molecule has 1 atom stereocenters. The molecule has 1 aliphatic rings. The van der Waals surface area contributed by atoms with Gasteiger partial charge >= 0.3 is 12.1 Å². The van der Waals surface area contributed by atoms with Gasteiger partial charge in [0.05, 0.1) is 35.9 Å². The van der Waals surface area contributed by atoms with E-state index in [-0.39, 0.29) is 6.10 Å². The Bertz CT molecular complexity index is 1200. The standard InChI is InChI=1S/C25H29F3N8O/c1-17-12-23(29-8-9-36-10-11-37-18(2)16-36)34-24(32-17)35-31-15-21-6-7-22(14-30-21)33-20-5-3-4-19(13-20)25(26,27)28/h3-7,12-15,18,33H,8-11,16H2,1-2H3,(H2,29,32,34,35)/p+1/b31-15+. The number of pyridine rings is 1. The number of hydrogen-bond acceptors (Lipinski definition) is 8. The number of hydrogen-bond donors (Lipinski definition) is 3. The van der Waals surface area contributed by atoms with Crippen LogP contribution in [0.3, 0.4) is 0 Å². The second-order valence-corrected chi connectivity index (χ2v) is 8.74. The SMILES string of the molecule is Cc1cc(NCCN2CCOC(C)C2)nc([NH2+]/N=C/c2ccc(Nc3cccc(C(F)(F)F)c3)cn2)n1. The maximum absolute atomic E-state index is 12.9. The molecule has 4 rings (SSSR count). The lowest BCUT2D eigenvalue weighted by Crippen LogP contribution is -2.72. The first-order chi connectivity index (χ1) is 17.7. The molecule has 3 heterocycles. The van der Waals surface area contributed by atoms with E-state index in [1.54, 1.807) is 29.8 Å². The molecular formula is C25H30F3N8O+. The molecule has 1 saturated heterocycles. The number of benzene rings is 1. The van der Waals surface area contributed by atoms with E-state index in [4.69, 9.17) is 4.74 Å². The predicted molar refractivity (Wildman–Crippen MR) is 135 cm³/mol. The first kappa shape index (κ1) is 26.5. The van der Waals surface area contributed by atoms with Crippen molar-refractivity contribution in [1.82, 2.24) is 19.9 Å². The Hall–Kier alpha value is -3.61. The fourth-order valence-corrected chi connectivity index (χ4v) is 3.85. The quantitative estimate of drug-likeness (QED) is 0.228. The van der Waals surface area contributed by atoms with Crippen molar-refractivity contribution in [1.29, 1.82) is 0 Å². The largest absolute Gasteiger partial charge is 0.416 e. The van der Waals surface area contributed by atoms with Gasteiger partial charge in [-0.15, -0.1) is 0 Å². The van der Waals surface area contributed by atoms with Crippen molar-refractivity contribution in [3.05, 3.63) is 65.6 Å². The highest BCUT2D eigenvalue weighted by atomic mass is 19.4. The van der Waals surface area contributed by atoms with Gasteiger partial charge in [-0.2, -0.15) is 28.6 Å². The van der Waals surface area contributed by atoms with Crippen LogP contribution in [0.5, 0.6) is 0 Å². The summed E-state index contributed by atoms with van der Waals surface area (Å²) in [6.45, 7) is 8.25. The third kappa shape index (κ3) is 8.20. The van der Waals surface area contributed by atoms with E-state index in [0.29, 0.717) is 23.0 Å². The summed E-state index contributed by atoms with van der Waals surface area (Å²) in [6.07, 6.45) is -1.05. The third-order valence-corrected chi connectivity index (χ3v) is 5.59. The minimum Gasteiger partial charge on any atom is -0.376 e. The van der Waals surface area contributed by atoms with Crippen LogP contribution in [0.1, 0.15) is 23.9 Å². The lowest BCUT2D eigenvalue weighted by molar-refractivity contribution is -0.584. The van der Waals surface area contributed by atoms with Gasteiger partial charge in [0.2, 0.25) is 0 Å². The predicted octanol–water partition coefficient (Wildman–Crippen LogP) is 3.30. The summed E-state index contributed by atoms with van der Waals surface area (Å²) in [6, 6.07) is 10.3. The van der Waals surface area contributed by atoms with Gasteiger partial charge in [-0.1, -0.05) is 11.2 Å². The molecule has 0 saturated carbocycles. The van der Waals surface area contributed by atoms with Crippen LogP contribution in [0.15, 0.2) is 53.8 Å². The monoisotopic (exact) mass is 515 g/mol. The summed E-state index contributed by atoms with van der Waals surface area (Å²) in [4.78, 5) is 15.5. The lowest BCUT2D eigenvalue weighted by atomic mass is 10.2. The first-order valence-corrected chi connectivity index (χ1v) is 11.9. The van der Waals surface area contributed by atoms with E-state index in [1.165, 1.54) is 12.3 Å². The second kappa shape index (κ2) is 12.1. The zero-order chi connectivity index (χ0) is 26.3. The Morgan fingerprint density at radius 3 is 2.81 bits per heavy atom. The van der Waals surface area contributed by atoms with Crippen LogP contribution in [0.2, 0.25) is 0 Å². The van der Waals surface area contributed by atoms with E-state index in [9.17, 15) is 13.2 Å². The van der Waals surface area contributed by atoms with E-state index < -0.39 is 11.7 Å². The molecule has 0 spiro atoms. The summed E-state index contributed by atoms with van der Waals surface area (Å²) in [7, 11) is 0. The molecule has 37 heavy (non-hydrogen) atoms. The van der Waals surface area contributed by atoms with Crippen LogP contribution >= 0.6 is 0 Å². The zero-order valence-electron chi connectivity index (χ0n) is 20.7. The molecule has 12 heteroatoms. The van der Waals surface area contributed by atoms with Crippen molar-refractivity contribution in [2.45, 2.75) is 26.1 Å². The van der Waals surface area contributed by atoms with Crippen molar-refractivity contribution in [3.63, 3.8) is 0 Å². The van der Waals surface area contributed by atoms with E-state index in [1.807, 2.05) is 13.0 Å². The maximum atomic E-state index is 12.9. The number of ether oxygens (including phenoxy) is 1.